The lowest BCUT2D eigenvalue weighted by molar-refractivity contribution is 0.0652. The van der Waals surface area contributed by atoms with E-state index in [1.807, 2.05) is 69.3 Å². The van der Waals surface area contributed by atoms with Gasteiger partial charge in [0.2, 0.25) is 0 Å². The van der Waals surface area contributed by atoms with Crippen LogP contribution in [0.2, 0.25) is 0 Å². The number of terminal acetylenes is 1. The first kappa shape index (κ1) is 20.5. The third-order valence-corrected chi connectivity index (χ3v) is 4.18. The number of nitrogens with zero attached hydrogens (tertiary/aromatic N) is 1. The van der Waals surface area contributed by atoms with Gasteiger partial charge in [-0.05, 0) is 37.5 Å². The molecule has 4 nitrogen and oxygen atoms in total. The number of rotatable bonds is 8. The smallest absolute Gasteiger partial charge is 0.318 e. The molecule has 27 heavy (non-hydrogen) atoms. The highest BCUT2D eigenvalue weighted by atomic mass is 16.5. The third kappa shape index (κ3) is 6.80. The fourth-order valence-electron chi connectivity index (χ4n) is 2.63. The summed E-state index contributed by atoms with van der Waals surface area (Å²) in [4.78, 5) is 14.3. The zero-order chi connectivity index (χ0) is 19.6. The van der Waals surface area contributed by atoms with E-state index in [9.17, 15) is 4.79 Å². The molecule has 1 N–H and O–H groups in total. The van der Waals surface area contributed by atoms with Crippen molar-refractivity contribution in [2.45, 2.75) is 46.6 Å². The Hall–Kier alpha value is -2.77. The van der Waals surface area contributed by atoms with Gasteiger partial charge < -0.3 is 15.0 Å². The molecule has 0 heterocycles. The van der Waals surface area contributed by atoms with E-state index in [4.69, 9.17) is 11.2 Å². The molecule has 2 aromatic carbocycles. The van der Waals surface area contributed by atoms with Crippen molar-refractivity contribution in [1.29, 1.82) is 0 Å². The Bertz CT molecular complexity index is 776. The van der Waals surface area contributed by atoms with Crippen LogP contribution >= 0.6 is 0 Å². The number of aryl methyl sites for hydroxylation is 1. The number of benzene rings is 2. The molecular formula is C23H28N2O2. The fourth-order valence-corrected chi connectivity index (χ4v) is 2.63. The molecule has 2 rings (SSSR count). The second-order valence-electron chi connectivity index (χ2n) is 6.83. The SMILES string of the molecule is C#CCN(Cc1ccc(C)cc1)C(=O)NCc1ccccc1COC(C)C. The number of nitrogens with one attached hydrogen (secondary N) is 1. The minimum absolute atomic E-state index is 0.160. The van der Waals surface area contributed by atoms with Crippen LogP contribution in [-0.4, -0.2) is 23.6 Å². The second kappa shape index (κ2) is 10.4. The van der Waals surface area contributed by atoms with Crippen LogP contribution in [0, 0.1) is 19.3 Å². The fraction of sp³-hybridized carbons (Fsp3) is 0.348. The van der Waals surface area contributed by atoms with Gasteiger partial charge in [-0.15, -0.1) is 6.42 Å². The number of amides is 2. The lowest BCUT2D eigenvalue weighted by Crippen LogP contribution is -2.39. The molecule has 0 radical (unpaired) electrons. The summed E-state index contributed by atoms with van der Waals surface area (Å²) in [6.45, 7) is 7.76. The summed E-state index contributed by atoms with van der Waals surface area (Å²) in [5, 5.41) is 2.98. The van der Waals surface area contributed by atoms with Crippen molar-refractivity contribution in [1.82, 2.24) is 10.2 Å². The predicted octanol–water partition coefficient (Wildman–Crippen LogP) is 4.27. The Balaban J connectivity index is 1.99. The first-order valence-electron chi connectivity index (χ1n) is 9.19. The van der Waals surface area contributed by atoms with Crippen molar-refractivity contribution in [2.75, 3.05) is 6.54 Å². The molecular weight excluding hydrogens is 336 g/mol. The molecule has 0 unspecified atom stereocenters. The molecule has 0 fully saturated rings. The minimum Gasteiger partial charge on any atom is -0.374 e. The van der Waals surface area contributed by atoms with E-state index in [0.29, 0.717) is 19.7 Å². The normalized spacial score (nSPS) is 10.5. The summed E-state index contributed by atoms with van der Waals surface area (Å²) < 4.78 is 5.70. The van der Waals surface area contributed by atoms with Crippen molar-refractivity contribution in [3.8, 4) is 12.3 Å². The first-order valence-corrected chi connectivity index (χ1v) is 9.19. The topological polar surface area (TPSA) is 41.6 Å². The molecule has 0 aliphatic heterocycles. The van der Waals surface area contributed by atoms with E-state index >= 15 is 0 Å². The lowest BCUT2D eigenvalue weighted by atomic mass is 10.1. The molecule has 0 spiro atoms. The van der Waals surface area contributed by atoms with E-state index in [1.165, 1.54) is 5.56 Å². The summed E-state index contributed by atoms with van der Waals surface area (Å²) in [6.07, 6.45) is 5.62. The highest BCUT2D eigenvalue weighted by Crippen LogP contribution is 2.12. The molecule has 0 aliphatic carbocycles. The Morgan fingerprint density at radius 3 is 2.44 bits per heavy atom. The minimum atomic E-state index is -0.173. The van der Waals surface area contributed by atoms with Gasteiger partial charge in [-0.3, -0.25) is 0 Å². The lowest BCUT2D eigenvalue weighted by Gasteiger charge is -2.21. The van der Waals surface area contributed by atoms with Crippen LogP contribution in [-0.2, 0) is 24.4 Å². The molecule has 0 aliphatic rings. The average Bonchev–Trinajstić information content (AvgIpc) is 2.66. The van der Waals surface area contributed by atoms with Crippen LogP contribution in [0.4, 0.5) is 4.79 Å². The zero-order valence-corrected chi connectivity index (χ0v) is 16.4. The van der Waals surface area contributed by atoms with Gasteiger partial charge in [-0.2, -0.15) is 0 Å². The van der Waals surface area contributed by atoms with E-state index in [1.54, 1.807) is 4.90 Å². The van der Waals surface area contributed by atoms with Crippen LogP contribution in [0.5, 0.6) is 0 Å². The predicted molar refractivity (Wildman–Crippen MR) is 109 cm³/mol. The van der Waals surface area contributed by atoms with Gasteiger partial charge in [0.05, 0.1) is 19.3 Å². The Morgan fingerprint density at radius 2 is 1.81 bits per heavy atom. The number of hydrogen-bond donors (Lipinski definition) is 1. The maximum atomic E-state index is 12.6. The molecule has 2 aromatic rings. The molecule has 0 saturated heterocycles. The molecule has 142 valence electrons. The largest absolute Gasteiger partial charge is 0.374 e. The van der Waals surface area contributed by atoms with Crippen molar-refractivity contribution < 1.29 is 9.53 Å². The Kier molecular flexibility index (Phi) is 7.91. The van der Waals surface area contributed by atoms with Crippen molar-refractivity contribution in [3.05, 3.63) is 70.8 Å². The quantitative estimate of drug-likeness (QED) is 0.711. The summed E-state index contributed by atoms with van der Waals surface area (Å²) in [6, 6.07) is 15.9. The van der Waals surface area contributed by atoms with Crippen LogP contribution in [0.15, 0.2) is 48.5 Å². The van der Waals surface area contributed by atoms with Gasteiger partial charge in [-0.1, -0.05) is 60.0 Å². The molecule has 0 saturated carbocycles. The van der Waals surface area contributed by atoms with Gasteiger partial charge in [0, 0.05) is 13.1 Å². The van der Waals surface area contributed by atoms with E-state index in [-0.39, 0.29) is 18.7 Å². The molecule has 4 heteroatoms. The van der Waals surface area contributed by atoms with Crippen molar-refractivity contribution in [3.63, 3.8) is 0 Å². The maximum Gasteiger partial charge on any atom is 0.318 e. The molecule has 0 atom stereocenters. The van der Waals surface area contributed by atoms with Gasteiger partial charge in [0.1, 0.15) is 0 Å². The van der Waals surface area contributed by atoms with Crippen LogP contribution in [0.3, 0.4) is 0 Å². The highest BCUT2D eigenvalue weighted by molar-refractivity contribution is 5.74. The second-order valence-corrected chi connectivity index (χ2v) is 6.83. The monoisotopic (exact) mass is 364 g/mol. The average molecular weight is 364 g/mol. The maximum absolute atomic E-state index is 12.6. The number of urea groups is 1. The van der Waals surface area contributed by atoms with Gasteiger partial charge in [0.25, 0.3) is 0 Å². The number of ether oxygens (including phenoxy) is 1. The summed E-state index contributed by atoms with van der Waals surface area (Å²) in [7, 11) is 0. The highest BCUT2D eigenvalue weighted by Gasteiger charge is 2.13. The van der Waals surface area contributed by atoms with Crippen LogP contribution < -0.4 is 5.32 Å². The summed E-state index contributed by atoms with van der Waals surface area (Å²) in [5.74, 6) is 2.57. The van der Waals surface area contributed by atoms with Crippen molar-refractivity contribution in [2.24, 2.45) is 0 Å². The van der Waals surface area contributed by atoms with Crippen molar-refractivity contribution >= 4 is 6.03 Å². The van der Waals surface area contributed by atoms with E-state index in [2.05, 4.69) is 11.2 Å². The molecule has 0 bridgehead atoms. The van der Waals surface area contributed by atoms with Gasteiger partial charge in [-0.25, -0.2) is 4.79 Å². The Morgan fingerprint density at radius 1 is 1.15 bits per heavy atom. The van der Waals surface area contributed by atoms with E-state index in [0.717, 1.165) is 16.7 Å². The number of carbonyl (C=O) groups excluding carboxylic acids is 1. The standard InChI is InChI=1S/C23H28N2O2/c1-5-14-25(16-20-12-10-19(4)11-13-20)23(26)24-15-21-8-6-7-9-22(21)17-27-18(2)3/h1,6-13,18H,14-17H2,2-4H3,(H,24,26). The third-order valence-electron chi connectivity index (χ3n) is 4.18. The number of hydrogen-bond acceptors (Lipinski definition) is 2. The van der Waals surface area contributed by atoms with Crippen LogP contribution in [0.1, 0.15) is 36.1 Å². The summed E-state index contributed by atoms with van der Waals surface area (Å²) >= 11 is 0. The zero-order valence-electron chi connectivity index (χ0n) is 16.4. The summed E-state index contributed by atoms with van der Waals surface area (Å²) in [5.41, 5.74) is 4.36. The Labute approximate surface area is 162 Å². The van der Waals surface area contributed by atoms with E-state index < -0.39 is 0 Å². The molecule has 2 amide bonds. The first-order chi connectivity index (χ1) is 13.0. The molecule has 0 aromatic heterocycles. The number of carbonyl (C=O) groups is 1. The van der Waals surface area contributed by atoms with Crippen LogP contribution in [0.25, 0.3) is 0 Å². The van der Waals surface area contributed by atoms with Gasteiger partial charge in [0.15, 0.2) is 0 Å². The van der Waals surface area contributed by atoms with Gasteiger partial charge >= 0.3 is 6.03 Å².